The fraction of sp³-hybridized carbons (Fsp3) is 0.586. The van der Waals surface area contributed by atoms with Crippen LogP contribution in [0.4, 0.5) is 11.4 Å². The SMILES string of the molecule is Cc1cc(Cc2cc(C)c(N(CC3CO3)CC3CO3)c(C)c2)cc(C)c1N(CC1CO1)CC1CO1. The fourth-order valence-electron chi connectivity index (χ4n) is 5.72. The van der Waals surface area contributed by atoms with Gasteiger partial charge >= 0.3 is 0 Å². The third kappa shape index (κ3) is 5.83. The second-order valence-corrected chi connectivity index (χ2v) is 11.0. The highest BCUT2D eigenvalue weighted by atomic mass is 16.6. The molecule has 4 aliphatic heterocycles. The molecule has 188 valence electrons. The van der Waals surface area contributed by atoms with Crippen molar-refractivity contribution >= 4 is 11.4 Å². The Morgan fingerprint density at radius 3 is 1.03 bits per heavy atom. The van der Waals surface area contributed by atoms with Gasteiger partial charge in [0.1, 0.15) is 0 Å². The zero-order chi connectivity index (χ0) is 24.1. The van der Waals surface area contributed by atoms with Crippen molar-refractivity contribution in [2.45, 2.75) is 58.5 Å². The minimum Gasteiger partial charge on any atom is -0.371 e. The number of anilines is 2. The van der Waals surface area contributed by atoms with Gasteiger partial charge < -0.3 is 28.7 Å². The van der Waals surface area contributed by atoms with Crippen LogP contribution in [0.3, 0.4) is 0 Å². The molecule has 6 heteroatoms. The van der Waals surface area contributed by atoms with Crippen molar-refractivity contribution < 1.29 is 18.9 Å². The summed E-state index contributed by atoms with van der Waals surface area (Å²) in [5, 5.41) is 0. The van der Waals surface area contributed by atoms with E-state index in [1.54, 1.807) is 0 Å². The average Bonchev–Trinajstić information content (AvgIpc) is 3.60. The Labute approximate surface area is 209 Å². The van der Waals surface area contributed by atoms with Crippen LogP contribution >= 0.6 is 0 Å². The molecule has 2 aromatic rings. The second-order valence-electron chi connectivity index (χ2n) is 11.0. The number of hydrogen-bond donors (Lipinski definition) is 0. The summed E-state index contributed by atoms with van der Waals surface area (Å²) in [5.74, 6) is 0. The first kappa shape index (κ1) is 23.3. The molecule has 0 aromatic heterocycles. The molecule has 4 fully saturated rings. The summed E-state index contributed by atoms with van der Waals surface area (Å²) in [5.41, 5.74) is 10.8. The molecule has 4 saturated heterocycles. The highest BCUT2D eigenvalue weighted by molar-refractivity contribution is 5.63. The van der Waals surface area contributed by atoms with Gasteiger partial charge in [-0.05, 0) is 67.5 Å². The van der Waals surface area contributed by atoms with Gasteiger partial charge in [0.25, 0.3) is 0 Å². The van der Waals surface area contributed by atoms with E-state index in [1.165, 1.54) is 44.8 Å². The number of ether oxygens (including phenoxy) is 4. The third-order valence-electron chi connectivity index (χ3n) is 7.45. The largest absolute Gasteiger partial charge is 0.371 e. The highest BCUT2D eigenvalue weighted by Gasteiger charge is 2.33. The quantitative estimate of drug-likeness (QED) is 0.434. The smallest absolute Gasteiger partial charge is 0.0984 e. The average molecular weight is 479 g/mol. The maximum absolute atomic E-state index is 5.54. The zero-order valence-corrected chi connectivity index (χ0v) is 21.5. The number of aryl methyl sites for hydroxylation is 4. The first-order chi connectivity index (χ1) is 16.9. The van der Waals surface area contributed by atoms with Gasteiger partial charge in [-0.2, -0.15) is 0 Å². The van der Waals surface area contributed by atoms with Crippen LogP contribution in [0.1, 0.15) is 33.4 Å². The second kappa shape index (κ2) is 9.40. The van der Waals surface area contributed by atoms with E-state index in [1.807, 2.05) is 0 Å². The fourth-order valence-corrected chi connectivity index (χ4v) is 5.72. The van der Waals surface area contributed by atoms with E-state index in [-0.39, 0.29) is 0 Å². The molecular formula is C29H38N2O4. The molecule has 0 N–H and O–H groups in total. The summed E-state index contributed by atoms with van der Waals surface area (Å²) in [4.78, 5) is 4.96. The summed E-state index contributed by atoms with van der Waals surface area (Å²) in [6.45, 7) is 16.3. The highest BCUT2D eigenvalue weighted by Crippen LogP contribution is 2.33. The van der Waals surface area contributed by atoms with Crippen LogP contribution < -0.4 is 9.80 Å². The molecule has 0 amide bonds. The topological polar surface area (TPSA) is 56.6 Å². The van der Waals surface area contributed by atoms with Crippen molar-refractivity contribution in [3.63, 3.8) is 0 Å². The van der Waals surface area contributed by atoms with Crippen LogP contribution in [-0.2, 0) is 25.4 Å². The molecular weight excluding hydrogens is 440 g/mol. The molecule has 0 radical (unpaired) electrons. The van der Waals surface area contributed by atoms with Crippen LogP contribution in [0.15, 0.2) is 24.3 Å². The summed E-state index contributed by atoms with van der Waals surface area (Å²) >= 11 is 0. The number of nitrogens with zero attached hydrogens (tertiary/aromatic N) is 2. The van der Waals surface area contributed by atoms with Gasteiger partial charge in [0, 0.05) is 37.6 Å². The van der Waals surface area contributed by atoms with Crippen molar-refractivity contribution in [2.24, 2.45) is 0 Å². The van der Waals surface area contributed by atoms with E-state index in [0.29, 0.717) is 24.4 Å². The predicted molar refractivity (Wildman–Crippen MR) is 138 cm³/mol. The Hall–Kier alpha value is -2.12. The number of rotatable bonds is 12. The van der Waals surface area contributed by atoms with E-state index in [4.69, 9.17) is 18.9 Å². The van der Waals surface area contributed by atoms with Gasteiger partial charge in [-0.25, -0.2) is 0 Å². The third-order valence-corrected chi connectivity index (χ3v) is 7.45. The van der Waals surface area contributed by atoms with Crippen LogP contribution in [0.5, 0.6) is 0 Å². The molecule has 0 bridgehead atoms. The Kier molecular flexibility index (Phi) is 6.25. The molecule has 4 aliphatic rings. The molecule has 6 rings (SSSR count). The van der Waals surface area contributed by atoms with Gasteiger partial charge in [-0.1, -0.05) is 24.3 Å². The first-order valence-electron chi connectivity index (χ1n) is 13.1. The van der Waals surface area contributed by atoms with Crippen LogP contribution in [0.25, 0.3) is 0 Å². The van der Waals surface area contributed by atoms with Gasteiger partial charge in [0.05, 0.1) is 50.8 Å². The zero-order valence-electron chi connectivity index (χ0n) is 21.5. The summed E-state index contributed by atoms with van der Waals surface area (Å²) in [6.07, 6.45) is 2.42. The Balaban J connectivity index is 1.21. The maximum atomic E-state index is 5.54. The molecule has 4 unspecified atom stereocenters. The van der Waals surface area contributed by atoms with Crippen LogP contribution in [0, 0.1) is 27.7 Å². The van der Waals surface area contributed by atoms with Crippen molar-refractivity contribution in [3.8, 4) is 0 Å². The van der Waals surface area contributed by atoms with Crippen LogP contribution in [-0.4, -0.2) is 77.0 Å². The lowest BCUT2D eigenvalue weighted by Crippen LogP contribution is -2.33. The lowest BCUT2D eigenvalue weighted by atomic mass is 9.95. The molecule has 2 aromatic carbocycles. The monoisotopic (exact) mass is 478 g/mol. The maximum Gasteiger partial charge on any atom is 0.0984 e. The van der Waals surface area contributed by atoms with E-state index in [2.05, 4.69) is 61.8 Å². The van der Waals surface area contributed by atoms with Crippen molar-refractivity contribution in [3.05, 3.63) is 57.6 Å². The Bertz CT molecular complexity index is 927. The number of epoxide rings is 4. The number of benzene rings is 2. The van der Waals surface area contributed by atoms with Crippen LogP contribution in [0.2, 0.25) is 0 Å². The summed E-state index contributed by atoms with van der Waals surface area (Å²) in [6, 6.07) is 9.49. The molecule has 0 saturated carbocycles. The minimum atomic E-state index is 0.370. The van der Waals surface area contributed by atoms with E-state index in [0.717, 1.165) is 59.0 Å². The van der Waals surface area contributed by atoms with Gasteiger partial charge in [-0.15, -0.1) is 0 Å². The molecule has 4 heterocycles. The Morgan fingerprint density at radius 2 is 0.800 bits per heavy atom. The molecule has 4 atom stereocenters. The summed E-state index contributed by atoms with van der Waals surface area (Å²) in [7, 11) is 0. The number of hydrogen-bond acceptors (Lipinski definition) is 6. The normalized spacial score (nSPS) is 25.9. The first-order valence-corrected chi connectivity index (χ1v) is 13.1. The Morgan fingerprint density at radius 1 is 0.543 bits per heavy atom. The lowest BCUT2D eigenvalue weighted by molar-refractivity contribution is 0.388. The van der Waals surface area contributed by atoms with Crippen molar-refractivity contribution in [2.75, 3.05) is 62.4 Å². The van der Waals surface area contributed by atoms with Gasteiger partial charge in [-0.3, -0.25) is 0 Å². The minimum absolute atomic E-state index is 0.370. The van der Waals surface area contributed by atoms with E-state index >= 15 is 0 Å². The predicted octanol–water partition coefficient (Wildman–Crippen LogP) is 3.72. The standard InChI is InChI=1S/C29H38N2O4/c1-18-5-22(6-19(2)28(18)30(10-24-14-32-24)11-25-15-33-25)9-23-7-20(3)29(21(4)8-23)31(12-26-16-34-26)13-27-17-35-27/h5-8,24-27H,9-17H2,1-4H3. The molecule has 6 nitrogen and oxygen atoms in total. The van der Waals surface area contributed by atoms with Gasteiger partial charge in [0.2, 0.25) is 0 Å². The van der Waals surface area contributed by atoms with E-state index in [9.17, 15) is 0 Å². The lowest BCUT2D eigenvalue weighted by Gasteiger charge is -2.28. The molecule has 0 spiro atoms. The van der Waals surface area contributed by atoms with Crippen molar-refractivity contribution in [1.29, 1.82) is 0 Å². The molecule has 35 heavy (non-hydrogen) atoms. The van der Waals surface area contributed by atoms with Crippen molar-refractivity contribution in [1.82, 2.24) is 0 Å². The van der Waals surface area contributed by atoms with Gasteiger partial charge in [0.15, 0.2) is 0 Å². The molecule has 0 aliphatic carbocycles. The van der Waals surface area contributed by atoms with E-state index < -0.39 is 0 Å². The summed E-state index contributed by atoms with van der Waals surface area (Å²) < 4.78 is 22.2.